The maximum absolute atomic E-state index is 14.1. The molecule has 9 nitrogen and oxygen atoms in total. The molecule has 2 saturated carbocycles. The third kappa shape index (κ3) is 3.80. The van der Waals surface area contributed by atoms with Crippen LogP contribution >= 0.6 is 11.6 Å². The summed E-state index contributed by atoms with van der Waals surface area (Å²) in [6, 6.07) is 4.90. The van der Waals surface area contributed by atoms with Crippen molar-refractivity contribution in [1.29, 1.82) is 0 Å². The van der Waals surface area contributed by atoms with Gasteiger partial charge in [0, 0.05) is 17.8 Å². The Hall–Kier alpha value is -2.50. The van der Waals surface area contributed by atoms with Gasteiger partial charge in [-0.25, -0.2) is 22.5 Å². The molecule has 2 aliphatic carbocycles. The van der Waals surface area contributed by atoms with Gasteiger partial charge in [-0.3, -0.25) is 4.79 Å². The first-order valence-electron chi connectivity index (χ1n) is 9.27. The van der Waals surface area contributed by atoms with Gasteiger partial charge in [-0.05, 0) is 54.5 Å². The average Bonchev–Trinajstić information content (AvgIpc) is 3.22. The molecule has 0 radical (unpaired) electrons. The number of halogens is 2. The summed E-state index contributed by atoms with van der Waals surface area (Å²) in [5, 5.41) is 2.76. The van der Waals surface area contributed by atoms with Crippen molar-refractivity contribution >= 4 is 39.0 Å². The second kappa shape index (κ2) is 7.64. The normalized spacial score (nSPS) is 27.9. The molecule has 5 atom stereocenters. The van der Waals surface area contributed by atoms with Crippen LogP contribution in [-0.2, 0) is 14.8 Å². The van der Waals surface area contributed by atoms with E-state index in [-0.39, 0.29) is 27.8 Å². The molecule has 0 spiro atoms. The van der Waals surface area contributed by atoms with E-state index in [0.29, 0.717) is 18.5 Å². The van der Waals surface area contributed by atoms with Crippen LogP contribution in [0.1, 0.15) is 12.8 Å². The second-order valence-electron chi connectivity index (χ2n) is 7.63. The third-order valence-electron chi connectivity index (χ3n) is 5.83. The number of nitrogens with zero attached hydrogens (tertiary/aromatic N) is 2. The molecule has 30 heavy (non-hydrogen) atoms. The molecule has 5 unspecified atom stereocenters. The lowest BCUT2D eigenvalue weighted by Gasteiger charge is -2.35. The highest BCUT2D eigenvalue weighted by molar-refractivity contribution is 7.89. The van der Waals surface area contributed by atoms with Crippen LogP contribution in [0, 0.1) is 23.6 Å². The van der Waals surface area contributed by atoms with Crippen LogP contribution in [0.4, 0.5) is 15.9 Å². The highest BCUT2D eigenvalue weighted by Gasteiger charge is 2.55. The number of anilines is 2. The highest BCUT2D eigenvalue weighted by Crippen LogP contribution is 2.50. The van der Waals surface area contributed by atoms with Crippen molar-refractivity contribution in [3.63, 3.8) is 0 Å². The first-order chi connectivity index (χ1) is 14.2. The molecule has 2 aliphatic rings. The minimum Gasteiger partial charge on any atom is -0.399 e. The number of nitrogens with one attached hydrogen (secondary N) is 2. The van der Waals surface area contributed by atoms with Gasteiger partial charge in [0.05, 0.1) is 17.0 Å². The average molecular weight is 455 g/mol. The van der Waals surface area contributed by atoms with Gasteiger partial charge in [0.25, 0.3) is 0 Å². The number of benzene rings is 1. The fourth-order valence-corrected chi connectivity index (χ4v) is 6.14. The minimum absolute atomic E-state index is 0.0508. The van der Waals surface area contributed by atoms with Crippen LogP contribution in [0.25, 0.3) is 0 Å². The van der Waals surface area contributed by atoms with Gasteiger partial charge in [0.2, 0.25) is 21.2 Å². The molecule has 0 aliphatic heterocycles. The summed E-state index contributed by atoms with van der Waals surface area (Å²) in [5.41, 5.74) is 11.6. The van der Waals surface area contributed by atoms with E-state index in [9.17, 15) is 17.6 Å². The van der Waals surface area contributed by atoms with Crippen LogP contribution in [0.15, 0.2) is 35.4 Å². The zero-order valence-corrected chi connectivity index (χ0v) is 17.2. The van der Waals surface area contributed by atoms with Crippen LogP contribution in [-0.4, -0.2) is 36.4 Å². The van der Waals surface area contributed by atoms with Gasteiger partial charge >= 0.3 is 0 Å². The van der Waals surface area contributed by atoms with Crippen LogP contribution in [0.2, 0.25) is 5.28 Å². The number of rotatable bonds is 6. The van der Waals surface area contributed by atoms with Crippen molar-refractivity contribution in [3.05, 3.63) is 41.6 Å². The van der Waals surface area contributed by atoms with Gasteiger partial charge in [-0.2, -0.15) is 4.98 Å². The number of primary amides is 1. The number of carbonyl (C=O) groups excluding carboxylic acids is 1. The zero-order chi connectivity index (χ0) is 21.6. The Kier molecular flexibility index (Phi) is 5.28. The van der Waals surface area contributed by atoms with Gasteiger partial charge < -0.3 is 16.8 Å². The summed E-state index contributed by atoms with van der Waals surface area (Å²) < 4.78 is 42.5. The fourth-order valence-electron chi connectivity index (χ4n) is 4.66. The van der Waals surface area contributed by atoms with Crippen molar-refractivity contribution < 1.29 is 17.6 Å². The number of aromatic nitrogens is 2. The first kappa shape index (κ1) is 20.8. The Morgan fingerprint density at radius 3 is 2.77 bits per heavy atom. The fraction of sp³-hybridized carbons (Fsp3) is 0.389. The van der Waals surface area contributed by atoms with E-state index in [1.54, 1.807) is 12.1 Å². The standard InChI is InChI=1S/C18H20ClFN6O3S/c19-18-23-7-12(20)17(25-18)24-15-11-4-8(14(15)16(22)27)5-13(11)26-30(28,29)10-3-1-2-9(21)6-10/h1-3,6-8,11,13-15,26H,4-5,21H2,(H2,22,27)(H,23,24,25). The lowest BCUT2D eigenvalue weighted by Crippen LogP contribution is -2.51. The van der Waals surface area contributed by atoms with Crippen LogP contribution in [0.5, 0.6) is 0 Å². The second-order valence-corrected chi connectivity index (χ2v) is 9.68. The van der Waals surface area contributed by atoms with Crippen molar-refractivity contribution in [2.45, 2.75) is 29.8 Å². The number of carbonyl (C=O) groups is 1. The largest absolute Gasteiger partial charge is 0.399 e. The third-order valence-corrected chi connectivity index (χ3v) is 7.50. The molecule has 1 amide bonds. The lowest BCUT2D eigenvalue weighted by molar-refractivity contribution is -0.123. The van der Waals surface area contributed by atoms with Crippen LogP contribution < -0.4 is 21.5 Å². The Bertz CT molecular complexity index is 1100. The Balaban J connectivity index is 1.59. The summed E-state index contributed by atoms with van der Waals surface area (Å²) in [6.07, 6.45) is 1.94. The van der Waals surface area contributed by atoms with E-state index >= 15 is 0 Å². The number of fused-ring (bicyclic) bond motifs is 2. The Morgan fingerprint density at radius 2 is 2.07 bits per heavy atom. The van der Waals surface area contributed by atoms with Crippen LogP contribution in [0.3, 0.4) is 0 Å². The molecule has 2 fully saturated rings. The summed E-state index contributed by atoms with van der Waals surface area (Å²) in [7, 11) is -3.83. The summed E-state index contributed by atoms with van der Waals surface area (Å²) in [5.74, 6) is -2.44. The van der Waals surface area contributed by atoms with Gasteiger partial charge in [0.1, 0.15) is 0 Å². The Morgan fingerprint density at radius 1 is 1.30 bits per heavy atom. The molecule has 4 rings (SSSR count). The monoisotopic (exact) mass is 454 g/mol. The molecule has 1 aromatic carbocycles. The number of nitrogen functional groups attached to an aromatic ring is 1. The molecule has 2 aromatic rings. The predicted molar refractivity (Wildman–Crippen MR) is 108 cm³/mol. The molecular weight excluding hydrogens is 435 g/mol. The minimum atomic E-state index is -3.83. The molecular formula is C18H20ClFN6O3S. The molecule has 12 heteroatoms. The molecule has 0 saturated heterocycles. The highest BCUT2D eigenvalue weighted by atomic mass is 35.5. The smallest absolute Gasteiger partial charge is 0.240 e. The van der Waals surface area contributed by atoms with E-state index in [1.807, 2.05) is 0 Å². The topological polar surface area (TPSA) is 153 Å². The summed E-state index contributed by atoms with van der Waals surface area (Å²) in [4.78, 5) is 19.5. The Labute approximate surface area is 177 Å². The van der Waals surface area contributed by atoms with Crippen molar-refractivity contribution in [3.8, 4) is 0 Å². The van der Waals surface area contributed by atoms with E-state index in [0.717, 1.165) is 6.20 Å². The number of hydrogen-bond acceptors (Lipinski definition) is 7. The quantitative estimate of drug-likeness (QED) is 0.376. The van der Waals surface area contributed by atoms with Gasteiger partial charge in [0.15, 0.2) is 11.6 Å². The first-order valence-corrected chi connectivity index (χ1v) is 11.1. The summed E-state index contributed by atoms with van der Waals surface area (Å²) in [6.45, 7) is 0. The van der Waals surface area contributed by atoms with E-state index in [1.165, 1.54) is 12.1 Å². The molecule has 6 N–H and O–H groups in total. The van der Waals surface area contributed by atoms with E-state index < -0.39 is 39.7 Å². The van der Waals surface area contributed by atoms with Crippen molar-refractivity contribution in [1.82, 2.24) is 14.7 Å². The number of sulfonamides is 1. The molecule has 160 valence electrons. The maximum Gasteiger partial charge on any atom is 0.240 e. The summed E-state index contributed by atoms with van der Waals surface area (Å²) >= 11 is 5.75. The SMILES string of the molecule is NC(=O)C1C2CC(NS(=O)(=O)c3cccc(N)c3)C(C2)C1Nc1nc(Cl)ncc1F. The lowest BCUT2D eigenvalue weighted by atomic mass is 9.81. The number of nitrogens with two attached hydrogens (primary N) is 2. The predicted octanol–water partition coefficient (Wildman–Crippen LogP) is 1.12. The van der Waals surface area contributed by atoms with Gasteiger partial charge in [-0.1, -0.05) is 6.07 Å². The van der Waals surface area contributed by atoms with E-state index in [4.69, 9.17) is 23.1 Å². The van der Waals surface area contributed by atoms with Crippen molar-refractivity contribution in [2.24, 2.45) is 23.5 Å². The van der Waals surface area contributed by atoms with E-state index in [2.05, 4.69) is 20.0 Å². The number of hydrogen-bond donors (Lipinski definition) is 4. The molecule has 1 aromatic heterocycles. The molecule has 1 heterocycles. The van der Waals surface area contributed by atoms with Crippen molar-refractivity contribution in [2.75, 3.05) is 11.1 Å². The maximum atomic E-state index is 14.1. The number of amides is 1. The van der Waals surface area contributed by atoms with Gasteiger partial charge in [-0.15, -0.1) is 0 Å². The zero-order valence-electron chi connectivity index (χ0n) is 15.6. The molecule has 2 bridgehead atoms.